The molecule has 0 saturated carbocycles. The SMILES string of the molecule is C=CCCOC(C)C(=O)NC(C#N)c1ccccc1OC. The number of nitrogens with zero attached hydrogens (tertiary/aromatic N) is 1. The zero-order valence-electron chi connectivity index (χ0n) is 12.3. The summed E-state index contributed by atoms with van der Waals surface area (Å²) >= 11 is 0. The van der Waals surface area contributed by atoms with E-state index in [1.54, 1.807) is 37.3 Å². The van der Waals surface area contributed by atoms with Crippen molar-refractivity contribution in [2.75, 3.05) is 13.7 Å². The molecular weight excluding hydrogens is 268 g/mol. The number of rotatable bonds is 8. The van der Waals surface area contributed by atoms with Crippen LogP contribution in [0.5, 0.6) is 5.75 Å². The lowest BCUT2D eigenvalue weighted by molar-refractivity contribution is -0.132. The summed E-state index contributed by atoms with van der Waals surface area (Å²) in [6, 6.07) is 8.37. The smallest absolute Gasteiger partial charge is 0.250 e. The van der Waals surface area contributed by atoms with Crippen LogP contribution in [0.15, 0.2) is 36.9 Å². The van der Waals surface area contributed by atoms with E-state index in [-0.39, 0.29) is 5.91 Å². The summed E-state index contributed by atoms with van der Waals surface area (Å²) in [6.45, 7) is 5.65. The molecule has 0 aromatic heterocycles. The lowest BCUT2D eigenvalue weighted by Crippen LogP contribution is -2.37. The Labute approximate surface area is 125 Å². The summed E-state index contributed by atoms with van der Waals surface area (Å²) in [5.41, 5.74) is 0.620. The number of nitrogens with one attached hydrogen (secondary N) is 1. The molecule has 0 saturated heterocycles. The van der Waals surface area contributed by atoms with Gasteiger partial charge in [-0.3, -0.25) is 4.79 Å². The molecule has 0 bridgehead atoms. The molecule has 0 radical (unpaired) electrons. The maximum Gasteiger partial charge on any atom is 0.250 e. The van der Waals surface area contributed by atoms with Gasteiger partial charge in [0.1, 0.15) is 17.9 Å². The number of carbonyl (C=O) groups excluding carboxylic acids is 1. The molecule has 1 rings (SSSR count). The molecule has 0 aliphatic rings. The molecule has 0 aliphatic carbocycles. The monoisotopic (exact) mass is 288 g/mol. The number of para-hydroxylation sites is 1. The van der Waals surface area contributed by atoms with E-state index < -0.39 is 12.1 Å². The minimum atomic E-state index is -0.779. The van der Waals surface area contributed by atoms with E-state index in [0.29, 0.717) is 24.3 Å². The van der Waals surface area contributed by atoms with Gasteiger partial charge in [-0.15, -0.1) is 6.58 Å². The van der Waals surface area contributed by atoms with E-state index in [0.717, 1.165) is 0 Å². The number of methoxy groups -OCH3 is 1. The summed E-state index contributed by atoms with van der Waals surface area (Å²) in [5.74, 6) is 0.223. The van der Waals surface area contributed by atoms with Crippen molar-refractivity contribution < 1.29 is 14.3 Å². The fourth-order valence-electron chi connectivity index (χ4n) is 1.75. The quantitative estimate of drug-likeness (QED) is 0.589. The highest BCUT2D eigenvalue weighted by molar-refractivity contribution is 5.81. The van der Waals surface area contributed by atoms with Crippen LogP contribution in [0.3, 0.4) is 0 Å². The van der Waals surface area contributed by atoms with Crippen LogP contribution in [-0.2, 0) is 9.53 Å². The van der Waals surface area contributed by atoms with Gasteiger partial charge in [0.2, 0.25) is 5.91 Å². The van der Waals surface area contributed by atoms with E-state index in [1.807, 2.05) is 0 Å². The summed E-state index contributed by atoms with van der Waals surface area (Å²) in [6.07, 6.45) is 1.76. The highest BCUT2D eigenvalue weighted by Gasteiger charge is 2.21. The molecule has 0 aliphatic heterocycles. The van der Waals surface area contributed by atoms with Crippen molar-refractivity contribution in [2.45, 2.75) is 25.5 Å². The average Bonchev–Trinajstić information content (AvgIpc) is 2.52. The van der Waals surface area contributed by atoms with Crippen molar-refractivity contribution in [3.63, 3.8) is 0 Å². The number of ether oxygens (including phenoxy) is 2. The first kappa shape index (κ1) is 16.7. The van der Waals surface area contributed by atoms with Crippen molar-refractivity contribution in [2.24, 2.45) is 0 Å². The van der Waals surface area contributed by atoms with Crippen LogP contribution < -0.4 is 10.1 Å². The van der Waals surface area contributed by atoms with Crippen molar-refractivity contribution in [3.05, 3.63) is 42.5 Å². The number of hydrogen-bond donors (Lipinski definition) is 1. The Hall–Kier alpha value is -2.32. The van der Waals surface area contributed by atoms with Crippen molar-refractivity contribution in [1.82, 2.24) is 5.32 Å². The Morgan fingerprint density at radius 2 is 2.24 bits per heavy atom. The molecule has 1 aromatic carbocycles. The molecule has 0 spiro atoms. The zero-order chi connectivity index (χ0) is 15.7. The van der Waals surface area contributed by atoms with Gasteiger partial charge in [-0.1, -0.05) is 24.3 Å². The van der Waals surface area contributed by atoms with Gasteiger partial charge >= 0.3 is 0 Å². The highest BCUT2D eigenvalue weighted by Crippen LogP contribution is 2.24. The molecule has 1 aromatic rings. The Morgan fingerprint density at radius 3 is 2.86 bits per heavy atom. The first-order chi connectivity index (χ1) is 10.1. The first-order valence-electron chi connectivity index (χ1n) is 6.69. The van der Waals surface area contributed by atoms with E-state index in [1.165, 1.54) is 7.11 Å². The van der Waals surface area contributed by atoms with Crippen molar-refractivity contribution >= 4 is 5.91 Å². The van der Waals surface area contributed by atoms with Crippen molar-refractivity contribution in [3.8, 4) is 11.8 Å². The molecule has 5 heteroatoms. The Balaban J connectivity index is 2.72. The summed E-state index contributed by atoms with van der Waals surface area (Å²) in [7, 11) is 1.52. The summed E-state index contributed by atoms with van der Waals surface area (Å²) < 4.78 is 10.6. The minimum Gasteiger partial charge on any atom is -0.496 e. The largest absolute Gasteiger partial charge is 0.496 e. The van der Waals surface area contributed by atoms with Crippen LogP contribution in [0.2, 0.25) is 0 Å². The Kier molecular flexibility index (Phi) is 6.99. The Bertz CT molecular complexity index is 522. The minimum absolute atomic E-state index is 0.337. The van der Waals surface area contributed by atoms with E-state index >= 15 is 0 Å². The lowest BCUT2D eigenvalue weighted by Gasteiger charge is -2.18. The Morgan fingerprint density at radius 1 is 1.52 bits per heavy atom. The van der Waals surface area contributed by atoms with Gasteiger partial charge in [-0.05, 0) is 19.4 Å². The fraction of sp³-hybridized carbons (Fsp3) is 0.375. The van der Waals surface area contributed by atoms with E-state index in [4.69, 9.17) is 9.47 Å². The fourth-order valence-corrected chi connectivity index (χ4v) is 1.75. The summed E-state index contributed by atoms with van der Waals surface area (Å²) in [5, 5.41) is 11.9. The molecule has 0 fully saturated rings. The lowest BCUT2D eigenvalue weighted by atomic mass is 10.1. The third-order valence-corrected chi connectivity index (χ3v) is 2.92. The molecule has 2 unspecified atom stereocenters. The molecular formula is C16H20N2O3. The number of benzene rings is 1. The summed E-state index contributed by atoms with van der Waals surface area (Å²) in [4.78, 5) is 12.0. The number of carbonyl (C=O) groups is 1. The topological polar surface area (TPSA) is 71.3 Å². The second-order valence-electron chi connectivity index (χ2n) is 4.40. The molecule has 112 valence electrons. The number of amides is 1. The normalized spacial score (nSPS) is 12.8. The van der Waals surface area contributed by atoms with Crippen LogP contribution in [0.4, 0.5) is 0 Å². The first-order valence-corrected chi connectivity index (χ1v) is 6.69. The van der Waals surface area contributed by atoms with Gasteiger partial charge in [0.25, 0.3) is 0 Å². The second-order valence-corrected chi connectivity index (χ2v) is 4.40. The average molecular weight is 288 g/mol. The number of hydrogen-bond acceptors (Lipinski definition) is 4. The second kappa shape index (κ2) is 8.77. The zero-order valence-corrected chi connectivity index (χ0v) is 12.3. The predicted molar refractivity (Wildman–Crippen MR) is 79.7 cm³/mol. The third kappa shape index (κ3) is 4.93. The van der Waals surface area contributed by atoms with Crippen molar-refractivity contribution in [1.29, 1.82) is 5.26 Å². The molecule has 2 atom stereocenters. The maximum atomic E-state index is 12.0. The van der Waals surface area contributed by atoms with Gasteiger partial charge in [-0.25, -0.2) is 0 Å². The highest BCUT2D eigenvalue weighted by atomic mass is 16.5. The van der Waals surface area contributed by atoms with Crippen LogP contribution in [0.1, 0.15) is 24.9 Å². The van der Waals surface area contributed by atoms with Crippen LogP contribution in [-0.4, -0.2) is 25.7 Å². The molecule has 0 heterocycles. The predicted octanol–water partition coefficient (Wildman–Crippen LogP) is 2.36. The van der Waals surface area contributed by atoms with Gasteiger partial charge < -0.3 is 14.8 Å². The standard InChI is InChI=1S/C16H20N2O3/c1-4-5-10-21-12(2)16(19)18-14(11-17)13-8-6-7-9-15(13)20-3/h4,6-9,12,14H,1,5,10H2,2-3H3,(H,18,19). The van der Waals surface area contributed by atoms with Gasteiger partial charge in [0.15, 0.2) is 0 Å². The van der Waals surface area contributed by atoms with Gasteiger partial charge in [0.05, 0.1) is 19.8 Å². The molecule has 5 nitrogen and oxygen atoms in total. The number of nitriles is 1. The maximum absolute atomic E-state index is 12.0. The van der Waals surface area contributed by atoms with Crippen LogP contribution in [0, 0.1) is 11.3 Å². The van der Waals surface area contributed by atoms with Crippen LogP contribution in [0.25, 0.3) is 0 Å². The van der Waals surface area contributed by atoms with E-state index in [9.17, 15) is 10.1 Å². The third-order valence-electron chi connectivity index (χ3n) is 2.92. The van der Waals surface area contributed by atoms with Gasteiger partial charge in [-0.2, -0.15) is 5.26 Å². The molecule has 1 N–H and O–H groups in total. The molecule has 21 heavy (non-hydrogen) atoms. The van der Waals surface area contributed by atoms with Gasteiger partial charge in [0, 0.05) is 5.56 Å². The molecule has 1 amide bonds. The van der Waals surface area contributed by atoms with E-state index in [2.05, 4.69) is 18.0 Å². The van der Waals surface area contributed by atoms with Crippen LogP contribution >= 0.6 is 0 Å².